The molecule has 0 saturated carbocycles. The number of carbonyl (C=O) groups is 1. The number of aliphatic hydroxyl groups is 1. The van der Waals surface area contributed by atoms with Crippen LogP contribution in [-0.2, 0) is 4.79 Å². The minimum Gasteiger partial charge on any atom is -0.494 e. The maximum Gasteiger partial charge on any atom is 0.229 e. The minimum absolute atomic E-state index is 0.148. The van der Waals surface area contributed by atoms with E-state index < -0.39 is 5.92 Å². The second kappa shape index (κ2) is 11.1. The first-order valence-corrected chi connectivity index (χ1v) is 8.32. The Hall–Kier alpha value is -1.55. The molecule has 0 unspecified atom stereocenters. The van der Waals surface area contributed by atoms with Crippen LogP contribution in [0.2, 0.25) is 0 Å². The fourth-order valence-corrected chi connectivity index (χ4v) is 2.06. The number of hydrogen-bond donors (Lipinski definition) is 2. The maximum atomic E-state index is 11.6. The number of hydrogen-bond acceptors (Lipinski definition) is 3. The van der Waals surface area contributed by atoms with Gasteiger partial charge in [-0.05, 0) is 30.7 Å². The van der Waals surface area contributed by atoms with Crippen LogP contribution in [-0.4, -0.2) is 24.2 Å². The van der Waals surface area contributed by atoms with Crippen LogP contribution < -0.4 is 10.1 Å². The van der Waals surface area contributed by atoms with Crippen molar-refractivity contribution in [3.05, 3.63) is 24.3 Å². The van der Waals surface area contributed by atoms with Gasteiger partial charge in [0, 0.05) is 5.69 Å². The first kappa shape index (κ1) is 18.5. The van der Waals surface area contributed by atoms with Gasteiger partial charge in [0.1, 0.15) is 5.75 Å². The van der Waals surface area contributed by atoms with Crippen molar-refractivity contribution in [2.75, 3.05) is 18.5 Å². The fourth-order valence-electron chi connectivity index (χ4n) is 2.06. The van der Waals surface area contributed by atoms with Crippen molar-refractivity contribution < 1.29 is 14.6 Å². The Morgan fingerprint density at radius 3 is 2.41 bits per heavy atom. The van der Waals surface area contributed by atoms with Crippen LogP contribution in [0.25, 0.3) is 0 Å². The molecule has 0 saturated heterocycles. The minimum atomic E-state index is -0.399. The second-order valence-corrected chi connectivity index (χ2v) is 5.71. The van der Waals surface area contributed by atoms with Crippen molar-refractivity contribution in [1.29, 1.82) is 0 Å². The van der Waals surface area contributed by atoms with E-state index >= 15 is 0 Å². The summed E-state index contributed by atoms with van der Waals surface area (Å²) < 4.78 is 5.69. The lowest BCUT2D eigenvalue weighted by atomic mass is 10.1. The van der Waals surface area contributed by atoms with Crippen LogP contribution in [0.3, 0.4) is 0 Å². The molecule has 1 aromatic rings. The molecule has 4 heteroatoms. The summed E-state index contributed by atoms with van der Waals surface area (Å²) in [5.41, 5.74) is 0.720. The summed E-state index contributed by atoms with van der Waals surface area (Å²) >= 11 is 0. The lowest BCUT2D eigenvalue weighted by Gasteiger charge is -2.10. The normalized spacial score (nSPS) is 12.0. The molecule has 1 aromatic carbocycles. The van der Waals surface area contributed by atoms with E-state index in [0.717, 1.165) is 24.5 Å². The number of ether oxygens (including phenoxy) is 1. The van der Waals surface area contributed by atoms with E-state index in [2.05, 4.69) is 12.2 Å². The van der Waals surface area contributed by atoms with Crippen LogP contribution in [0.1, 0.15) is 52.4 Å². The molecule has 124 valence electrons. The number of amides is 1. The van der Waals surface area contributed by atoms with Gasteiger partial charge in [-0.15, -0.1) is 0 Å². The standard InChI is InChI=1S/C18H29NO3/c1-3-4-5-6-7-8-13-22-17-11-9-16(10-12-17)19-18(21)15(2)14-20/h9-12,15,20H,3-8,13-14H2,1-2H3,(H,19,21)/t15-/m0/s1. The van der Waals surface area contributed by atoms with Crippen LogP contribution in [0.5, 0.6) is 5.75 Å². The zero-order chi connectivity index (χ0) is 16.2. The Balaban J connectivity index is 2.23. The molecule has 1 atom stereocenters. The van der Waals surface area contributed by atoms with E-state index in [9.17, 15) is 4.79 Å². The van der Waals surface area contributed by atoms with Gasteiger partial charge in [-0.25, -0.2) is 0 Å². The quantitative estimate of drug-likeness (QED) is 0.608. The molecule has 2 N–H and O–H groups in total. The Labute approximate surface area is 133 Å². The number of carbonyl (C=O) groups excluding carboxylic acids is 1. The third kappa shape index (κ3) is 7.46. The van der Waals surface area contributed by atoms with Crippen molar-refractivity contribution in [3.8, 4) is 5.75 Å². The third-order valence-corrected chi connectivity index (χ3v) is 3.61. The third-order valence-electron chi connectivity index (χ3n) is 3.61. The highest BCUT2D eigenvalue weighted by Gasteiger charge is 2.11. The predicted octanol–water partition coefficient (Wildman–Crippen LogP) is 3.99. The van der Waals surface area contributed by atoms with E-state index in [1.807, 2.05) is 24.3 Å². The second-order valence-electron chi connectivity index (χ2n) is 5.71. The topological polar surface area (TPSA) is 58.6 Å². The van der Waals surface area contributed by atoms with Gasteiger partial charge in [0.15, 0.2) is 0 Å². The summed E-state index contributed by atoms with van der Waals surface area (Å²) in [6.07, 6.45) is 7.49. The van der Waals surface area contributed by atoms with Gasteiger partial charge in [0.25, 0.3) is 0 Å². The summed E-state index contributed by atoms with van der Waals surface area (Å²) in [7, 11) is 0. The number of nitrogens with one attached hydrogen (secondary N) is 1. The van der Waals surface area contributed by atoms with Gasteiger partial charge >= 0.3 is 0 Å². The number of aliphatic hydroxyl groups excluding tert-OH is 1. The van der Waals surface area contributed by atoms with Crippen molar-refractivity contribution in [3.63, 3.8) is 0 Å². The Kier molecular flexibility index (Phi) is 9.31. The number of anilines is 1. The first-order valence-electron chi connectivity index (χ1n) is 8.32. The zero-order valence-electron chi connectivity index (χ0n) is 13.8. The molecule has 0 aliphatic heterocycles. The highest BCUT2D eigenvalue weighted by Crippen LogP contribution is 2.17. The van der Waals surface area contributed by atoms with Gasteiger partial charge in [0.05, 0.1) is 19.1 Å². The highest BCUT2D eigenvalue weighted by atomic mass is 16.5. The molecule has 0 bridgehead atoms. The van der Waals surface area contributed by atoms with E-state index in [1.165, 1.54) is 32.1 Å². The van der Waals surface area contributed by atoms with Crippen LogP contribution in [0, 0.1) is 5.92 Å². The van der Waals surface area contributed by atoms with Crippen LogP contribution in [0.4, 0.5) is 5.69 Å². The lowest BCUT2D eigenvalue weighted by Crippen LogP contribution is -2.22. The van der Waals surface area contributed by atoms with Gasteiger partial charge in [-0.3, -0.25) is 4.79 Å². The monoisotopic (exact) mass is 307 g/mol. The Morgan fingerprint density at radius 1 is 1.14 bits per heavy atom. The van der Waals surface area contributed by atoms with E-state index in [0.29, 0.717) is 0 Å². The van der Waals surface area contributed by atoms with Gasteiger partial charge in [-0.1, -0.05) is 46.0 Å². The van der Waals surface area contributed by atoms with Crippen LogP contribution >= 0.6 is 0 Å². The SMILES string of the molecule is CCCCCCCCOc1ccc(NC(=O)[C@@H](C)CO)cc1. The summed E-state index contributed by atoms with van der Waals surface area (Å²) in [6, 6.07) is 7.35. The summed E-state index contributed by atoms with van der Waals surface area (Å²) in [5.74, 6) is 0.244. The highest BCUT2D eigenvalue weighted by molar-refractivity contribution is 5.92. The average molecular weight is 307 g/mol. The molecule has 0 spiro atoms. The smallest absolute Gasteiger partial charge is 0.229 e. The number of rotatable bonds is 11. The summed E-state index contributed by atoms with van der Waals surface area (Å²) in [4.78, 5) is 11.6. The van der Waals surface area contributed by atoms with Crippen LogP contribution in [0.15, 0.2) is 24.3 Å². The largest absolute Gasteiger partial charge is 0.494 e. The molecule has 22 heavy (non-hydrogen) atoms. The molecule has 1 amide bonds. The number of unbranched alkanes of at least 4 members (excludes halogenated alkanes) is 5. The van der Waals surface area contributed by atoms with E-state index in [1.54, 1.807) is 6.92 Å². The van der Waals surface area contributed by atoms with Crippen molar-refractivity contribution in [2.45, 2.75) is 52.4 Å². The summed E-state index contributed by atoms with van der Waals surface area (Å²) in [6.45, 7) is 4.50. The van der Waals surface area contributed by atoms with E-state index in [-0.39, 0.29) is 12.5 Å². The van der Waals surface area contributed by atoms with E-state index in [4.69, 9.17) is 9.84 Å². The van der Waals surface area contributed by atoms with Crippen molar-refractivity contribution in [1.82, 2.24) is 0 Å². The Morgan fingerprint density at radius 2 is 1.77 bits per heavy atom. The predicted molar refractivity (Wildman–Crippen MR) is 90.2 cm³/mol. The summed E-state index contributed by atoms with van der Waals surface area (Å²) in [5, 5.41) is 11.7. The average Bonchev–Trinajstić information content (AvgIpc) is 2.54. The zero-order valence-corrected chi connectivity index (χ0v) is 13.8. The molecule has 4 nitrogen and oxygen atoms in total. The van der Waals surface area contributed by atoms with Crippen molar-refractivity contribution in [2.24, 2.45) is 5.92 Å². The molecule has 0 aliphatic rings. The lowest BCUT2D eigenvalue weighted by molar-refractivity contribution is -0.120. The van der Waals surface area contributed by atoms with Gasteiger partial charge < -0.3 is 15.2 Å². The first-order chi connectivity index (χ1) is 10.7. The fraction of sp³-hybridized carbons (Fsp3) is 0.611. The molecule has 0 heterocycles. The molecule has 0 aromatic heterocycles. The molecule has 0 aliphatic carbocycles. The Bertz CT molecular complexity index is 417. The molecule has 0 radical (unpaired) electrons. The molecular weight excluding hydrogens is 278 g/mol. The van der Waals surface area contributed by atoms with Crippen molar-refractivity contribution >= 4 is 11.6 Å². The molecule has 1 rings (SSSR count). The van der Waals surface area contributed by atoms with Gasteiger partial charge in [-0.2, -0.15) is 0 Å². The van der Waals surface area contributed by atoms with Gasteiger partial charge in [0.2, 0.25) is 5.91 Å². The maximum absolute atomic E-state index is 11.6. The molecular formula is C18H29NO3. The molecule has 0 fully saturated rings. The number of benzene rings is 1.